The van der Waals surface area contributed by atoms with Crippen molar-refractivity contribution in [2.75, 3.05) is 39.3 Å². The number of carbonyl (C=O) groups excluding carboxylic acids is 2. The second-order valence-electron chi connectivity index (χ2n) is 7.13. The average Bonchev–Trinajstić information content (AvgIpc) is 3.15. The number of amides is 3. The lowest BCUT2D eigenvalue weighted by Gasteiger charge is -2.36. The van der Waals surface area contributed by atoms with E-state index in [0.29, 0.717) is 24.2 Å². The lowest BCUT2D eigenvalue weighted by molar-refractivity contribution is -0.133. The monoisotopic (exact) mass is 394 g/mol. The molecule has 7 nitrogen and oxygen atoms in total. The molecule has 1 aromatic carbocycles. The molecule has 2 atom stereocenters. The molecule has 0 unspecified atom stereocenters. The molecule has 3 amide bonds. The van der Waals surface area contributed by atoms with Crippen molar-refractivity contribution in [3.8, 4) is 0 Å². The molecule has 1 aromatic rings. The van der Waals surface area contributed by atoms with Gasteiger partial charge in [-0.05, 0) is 30.5 Å². The van der Waals surface area contributed by atoms with Gasteiger partial charge < -0.3 is 20.7 Å². The number of hydrogen-bond donors (Lipinski definition) is 2. The quantitative estimate of drug-likeness (QED) is 0.769. The number of hydrogen-bond acceptors (Lipinski definition) is 4. The number of rotatable bonds is 6. The van der Waals surface area contributed by atoms with Gasteiger partial charge in [-0.15, -0.1) is 0 Å². The van der Waals surface area contributed by atoms with E-state index in [1.807, 2.05) is 4.90 Å². The van der Waals surface area contributed by atoms with Crippen LogP contribution in [0, 0.1) is 0 Å². The minimum absolute atomic E-state index is 0.0143. The molecule has 0 aromatic heterocycles. The zero-order valence-electron chi connectivity index (χ0n) is 15.4. The summed E-state index contributed by atoms with van der Waals surface area (Å²) in [6, 6.07) is 5.97. The van der Waals surface area contributed by atoms with Gasteiger partial charge in [-0.25, -0.2) is 4.79 Å². The molecule has 8 heteroatoms. The maximum absolute atomic E-state index is 12.7. The van der Waals surface area contributed by atoms with Crippen LogP contribution in [0.4, 0.5) is 4.79 Å². The Morgan fingerprint density at radius 3 is 2.52 bits per heavy atom. The van der Waals surface area contributed by atoms with Crippen molar-refractivity contribution in [1.82, 2.24) is 15.1 Å². The lowest BCUT2D eigenvalue weighted by Crippen LogP contribution is -2.51. The molecule has 2 saturated heterocycles. The largest absolute Gasteiger partial charge is 0.377 e. The summed E-state index contributed by atoms with van der Waals surface area (Å²) in [7, 11) is 0. The van der Waals surface area contributed by atoms with Gasteiger partial charge in [0.1, 0.15) is 0 Å². The molecule has 0 spiro atoms. The van der Waals surface area contributed by atoms with Crippen molar-refractivity contribution >= 4 is 23.5 Å². The third-order valence-electron chi connectivity index (χ3n) is 5.18. The van der Waals surface area contributed by atoms with Gasteiger partial charge in [0, 0.05) is 44.4 Å². The maximum Gasteiger partial charge on any atom is 0.312 e. The summed E-state index contributed by atoms with van der Waals surface area (Å²) in [6.07, 6.45) is 2.78. The van der Waals surface area contributed by atoms with E-state index in [2.05, 4.69) is 10.2 Å². The molecule has 3 N–H and O–H groups in total. The zero-order chi connectivity index (χ0) is 19.2. The van der Waals surface area contributed by atoms with Crippen molar-refractivity contribution in [3.63, 3.8) is 0 Å². The second-order valence-corrected chi connectivity index (χ2v) is 7.57. The van der Waals surface area contributed by atoms with E-state index in [9.17, 15) is 9.59 Å². The molecular weight excluding hydrogens is 368 g/mol. The number of carbonyl (C=O) groups is 2. The van der Waals surface area contributed by atoms with Crippen molar-refractivity contribution in [1.29, 1.82) is 0 Å². The number of urea groups is 1. The topological polar surface area (TPSA) is 87.9 Å². The van der Waals surface area contributed by atoms with E-state index < -0.39 is 12.1 Å². The predicted molar refractivity (Wildman–Crippen MR) is 104 cm³/mol. The van der Waals surface area contributed by atoms with Crippen LogP contribution >= 0.6 is 11.6 Å². The van der Waals surface area contributed by atoms with E-state index >= 15 is 0 Å². The molecule has 27 heavy (non-hydrogen) atoms. The summed E-state index contributed by atoms with van der Waals surface area (Å²) in [6.45, 7) is 4.88. The van der Waals surface area contributed by atoms with Crippen molar-refractivity contribution in [2.24, 2.45) is 5.73 Å². The Bertz CT molecular complexity index is 641. The van der Waals surface area contributed by atoms with Gasteiger partial charge in [0.15, 0.2) is 0 Å². The standard InChI is InChI=1S/C19H27ClN4O3/c20-15-5-3-14(4-6-15)17(22-19(21)26)12-18(25)24-9-7-23(8-10-24)13-16-2-1-11-27-16/h3-6,16-17H,1-2,7-13H2,(H3,21,22,26)/t16-,17-/m1/s1. The van der Waals surface area contributed by atoms with Crippen molar-refractivity contribution in [3.05, 3.63) is 34.9 Å². The number of piperazine rings is 1. The summed E-state index contributed by atoms with van der Waals surface area (Å²) in [5, 5.41) is 3.27. The molecule has 148 valence electrons. The van der Waals surface area contributed by atoms with Crippen LogP contribution in [-0.2, 0) is 9.53 Å². The van der Waals surface area contributed by atoms with Gasteiger partial charge in [-0.2, -0.15) is 0 Å². The maximum atomic E-state index is 12.7. The third-order valence-corrected chi connectivity index (χ3v) is 5.43. The van der Waals surface area contributed by atoms with Crippen LogP contribution in [0.3, 0.4) is 0 Å². The van der Waals surface area contributed by atoms with Crippen LogP contribution in [0.1, 0.15) is 30.9 Å². The van der Waals surface area contributed by atoms with Crippen molar-refractivity contribution < 1.29 is 14.3 Å². The molecule has 2 aliphatic heterocycles. The van der Waals surface area contributed by atoms with Crippen LogP contribution in [0.2, 0.25) is 5.02 Å². The normalized spacial score (nSPS) is 21.8. The third kappa shape index (κ3) is 5.82. The fourth-order valence-corrected chi connectivity index (χ4v) is 3.80. The number of nitrogens with zero attached hydrogens (tertiary/aromatic N) is 2. The summed E-state index contributed by atoms with van der Waals surface area (Å²) in [4.78, 5) is 28.3. The number of nitrogens with one attached hydrogen (secondary N) is 1. The average molecular weight is 395 g/mol. The molecular formula is C19H27ClN4O3. The summed E-state index contributed by atoms with van der Waals surface area (Å²) in [5.41, 5.74) is 6.10. The Morgan fingerprint density at radius 2 is 1.93 bits per heavy atom. The highest BCUT2D eigenvalue weighted by Crippen LogP contribution is 2.21. The summed E-state index contributed by atoms with van der Waals surface area (Å²) in [5.74, 6) is 0.0143. The van der Waals surface area contributed by atoms with Crippen LogP contribution in [0.5, 0.6) is 0 Å². The molecule has 0 aliphatic carbocycles. The van der Waals surface area contributed by atoms with Gasteiger partial charge in [0.05, 0.1) is 18.6 Å². The second kappa shape index (κ2) is 9.39. The molecule has 2 aliphatic rings. The van der Waals surface area contributed by atoms with E-state index in [0.717, 1.165) is 44.6 Å². The molecule has 0 saturated carbocycles. The van der Waals surface area contributed by atoms with E-state index in [1.54, 1.807) is 24.3 Å². The Labute approximate surface area is 164 Å². The van der Waals surface area contributed by atoms with Gasteiger partial charge in [0.25, 0.3) is 0 Å². The first kappa shape index (κ1) is 19.9. The van der Waals surface area contributed by atoms with Gasteiger partial charge >= 0.3 is 6.03 Å². The Balaban J connectivity index is 1.52. The first-order valence-corrected chi connectivity index (χ1v) is 9.82. The van der Waals surface area contributed by atoms with E-state index in [1.165, 1.54) is 0 Å². The van der Waals surface area contributed by atoms with E-state index in [4.69, 9.17) is 22.1 Å². The first-order chi connectivity index (χ1) is 13.0. The zero-order valence-corrected chi connectivity index (χ0v) is 16.2. The smallest absolute Gasteiger partial charge is 0.312 e. The van der Waals surface area contributed by atoms with Crippen LogP contribution in [0.25, 0.3) is 0 Å². The van der Waals surface area contributed by atoms with Gasteiger partial charge in [-0.3, -0.25) is 9.69 Å². The first-order valence-electron chi connectivity index (χ1n) is 9.44. The minimum Gasteiger partial charge on any atom is -0.377 e. The van der Waals surface area contributed by atoms with Crippen LogP contribution in [0.15, 0.2) is 24.3 Å². The summed E-state index contributed by atoms with van der Waals surface area (Å²) >= 11 is 5.92. The molecule has 3 rings (SSSR count). The highest BCUT2D eigenvalue weighted by molar-refractivity contribution is 6.30. The van der Waals surface area contributed by atoms with Gasteiger partial charge in [-0.1, -0.05) is 23.7 Å². The highest BCUT2D eigenvalue weighted by atomic mass is 35.5. The number of benzene rings is 1. The van der Waals surface area contributed by atoms with Crippen LogP contribution < -0.4 is 11.1 Å². The fraction of sp³-hybridized carbons (Fsp3) is 0.579. The lowest BCUT2D eigenvalue weighted by atomic mass is 10.0. The predicted octanol–water partition coefficient (Wildman–Crippen LogP) is 1.76. The molecule has 2 heterocycles. The Kier molecular flexibility index (Phi) is 6.93. The van der Waals surface area contributed by atoms with Crippen LogP contribution in [-0.4, -0.2) is 67.2 Å². The Hall–Kier alpha value is -1.83. The Morgan fingerprint density at radius 1 is 1.22 bits per heavy atom. The number of nitrogens with two attached hydrogens (primary N) is 1. The molecule has 0 bridgehead atoms. The number of ether oxygens (including phenoxy) is 1. The number of primary amides is 1. The molecule has 2 fully saturated rings. The fourth-order valence-electron chi connectivity index (χ4n) is 3.68. The van der Waals surface area contributed by atoms with E-state index in [-0.39, 0.29) is 12.3 Å². The number of halogens is 1. The summed E-state index contributed by atoms with van der Waals surface area (Å²) < 4.78 is 5.69. The van der Waals surface area contributed by atoms with Crippen molar-refractivity contribution in [2.45, 2.75) is 31.4 Å². The minimum atomic E-state index is -0.649. The van der Waals surface area contributed by atoms with Gasteiger partial charge in [0.2, 0.25) is 5.91 Å². The SMILES string of the molecule is NC(=O)N[C@H](CC(=O)N1CCN(C[C@H]2CCCO2)CC1)c1ccc(Cl)cc1. The molecule has 0 radical (unpaired) electrons. The highest BCUT2D eigenvalue weighted by Gasteiger charge is 2.27.